The molecule has 0 saturated heterocycles. The topological polar surface area (TPSA) is 64.4 Å². The second-order valence-corrected chi connectivity index (χ2v) is 6.58. The Kier molecular flexibility index (Phi) is 4.33. The molecule has 0 saturated carbocycles. The van der Waals surface area contributed by atoms with Crippen molar-refractivity contribution < 1.29 is 9.53 Å². The van der Waals surface area contributed by atoms with Gasteiger partial charge in [0.05, 0.1) is 6.42 Å². The van der Waals surface area contributed by atoms with Crippen molar-refractivity contribution in [3.05, 3.63) is 70.9 Å². The van der Waals surface area contributed by atoms with Crippen molar-refractivity contribution in [2.45, 2.75) is 13.2 Å². The summed E-state index contributed by atoms with van der Waals surface area (Å²) in [5.74, 6) is 0.106. The lowest BCUT2D eigenvalue weighted by molar-refractivity contribution is -0.117. The summed E-state index contributed by atoms with van der Waals surface area (Å²) in [6.07, 6.45) is 5.76. The minimum Gasteiger partial charge on any atom is -0.364 e. The van der Waals surface area contributed by atoms with E-state index >= 15 is 0 Å². The van der Waals surface area contributed by atoms with E-state index in [9.17, 15) is 9.59 Å². The van der Waals surface area contributed by atoms with E-state index in [-0.39, 0.29) is 18.2 Å². The molecule has 1 aliphatic rings. The Bertz CT molecular complexity index is 1090. The minimum absolute atomic E-state index is 0.106. The van der Waals surface area contributed by atoms with Gasteiger partial charge in [0.2, 0.25) is 5.91 Å². The van der Waals surface area contributed by atoms with Crippen LogP contribution >= 0.6 is 0 Å². The van der Waals surface area contributed by atoms with E-state index in [1.165, 1.54) is 10.6 Å². The number of rotatable bonds is 4. The number of methoxy groups -OCH3 is 1. The number of fused-ring (bicyclic) bond motifs is 1. The van der Waals surface area contributed by atoms with Crippen molar-refractivity contribution in [3.8, 4) is 22.3 Å². The maximum atomic E-state index is 11.9. The van der Waals surface area contributed by atoms with Crippen molar-refractivity contribution in [2.24, 2.45) is 0 Å². The molecule has 3 aromatic rings. The fraction of sp³-hybridized carbons (Fsp3) is 0.190. The predicted molar refractivity (Wildman–Crippen MR) is 103 cm³/mol. The molecule has 1 aliphatic heterocycles. The molecule has 2 aromatic heterocycles. The zero-order chi connectivity index (χ0) is 19.0. The van der Waals surface area contributed by atoms with Gasteiger partial charge < -0.3 is 9.64 Å². The average molecular weight is 361 g/mol. The number of anilines is 1. The van der Waals surface area contributed by atoms with E-state index in [2.05, 4.69) is 4.98 Å². The van der Waals surface area contributed by atoms with E-state index in [4.69, 9.17) is 4.74 Å². The molecular weight excluding hydrogens is 342 g/mol. The molecule has 6 heteroatoms. The van der Waals surface area contributed by atoms with E-state index in [1.54, 1.807) is 43.7 Å². The monoisotopic (exact) mass is 361 g/mol. The molecule has 0 radical (unpaired) electrons. The third-order valence-electron chi connectivity index (χ3n) is 4.81. The smallest absolute Gasteiger partial charge is 0.252 e. The lowest BCUT2D eigenvalue weighted by atomic mass is 10.0. The standard InChI is InChI=1S/C21H19N3O3/c1-23-19-5-3-14(7-16(19)9-21(23)26)17-8-18(11-22-10-17)15-4-6-20(25)24(12-15)13-27-2/h3-8,10-12H,9,13H2,1-2H3. The zero-order valence-corrected chi connectivity index (χ0v) is 15.2. The van der Waals surface area contributed by atoms with Gasteiger partial charge in [-0.3, -0.25) is 19.1 Å². The van der Waals surface area contributed by atoms with E-state index in [1.807, 2.05) is 24.3 Å². The summed E-state index contributed by atoms with van der Waals surface area (Å²) in [7, 11) is 3.35. The first-order valence-electron chi connectivity index (χ1n) is 8.61. The predicted octanol–water partition coefficient (Wildman–Crippen LogP) is 2.70. The Balaban J connectivity index is 1.72. The highest BCUT2D eigenvalue weighted by molar-refractivity contribution is 6.01. The van der Waals surface area contributed by atoms with Crippen LogP contribution < -0.4 is 10.5 Å². The van der Waals surface area contributed by atoms with Gasteiger partial charge in [0.25, 0.3) is 5.56 Å². The van der Waals surface area contributed by atoms with Crippen LogP contribution in [-0.2, 0) is 22.7 Å². The quantitative estimate of drug-likeness (QED) is 0.717. The fourth-order valence-electron chi connectivity index (χ4n) is 3.35. The number of benzene rings is 1. The Labute approximate surface area is 156 Å². The van der Waals surface area contributed by atoms with E-state index in [0.29, 0.717) is 6.42 Å². The SMILES string of the molecule is COCn1cc(-c2cncc(-c3ccc4c(c3)CC(=O)N4C)c2)ccc1=O. The van der Waals surface area contributed by atoms with Crippen LogP contribution in [0.2, 0.25) is 0 Å². The van der Waals surface area contributed by atoms with Crippen molar-refractivity contribution >= 4 is 11.6 Å². The first kappa shape index (κ1) is 17.2. The van der Waals surface area contributed by atoms with Gasteiger partial charge in [0, 0.05) is 55.6 Å². The summed E-state index contributed by atoms with van der Waals surface area (Å²) in [5.41, 5.74) is 5.64. The first-order chi connectivity index (χ1) is 13.1. The van der Waals surface area contributed by atoms with Crippen LogP contribution in [0.25, 0.3) is 22.3 Å². The first-order valence-corrected chi connectivity index (χ1v) is 8.61. The molecule has 0 spiro atoms. The molecule has 27 heavy (non-hydrogen) atoms. The third kappa shape index (κ3) is 3.15. The third-order valence-corrected chi connectivity index (χ3v) is 4.81. The molecule has 6 nitrogen and oxygen atoms in total. The summed E-state index contributed by atoms with van der Waals surface area (Å²) < 4.78 is 6.58. The second kappa shape index (κ2) is 6.81. The molecule has 0 aliphatic carbocycles. The van der Waals surface area contributed by atoms with Crippen LogP contribution in [0.1, 0.15) is 5.56 Å². The molecule has 1 amide bonds. The van der Waals surface area contributed by atoms with Crippen LogP contribution in [0.15, 0.2) is 59.8 Å². The highest BCUT2D eigenvalue weighted by Crippen LogP contribution is 2.32. The second-order valence-electron chi connectivity index (χ2n) is 6.58. The van der Waals surface area contributed by atoms with Gasteiger partial charge in [-0.2, -0.15) is 0 Å². The molecule has 0 unspecified atom stereocenters. The number of pyridine rings is 2. The van der Waals surface area contributed by atoms with Gasteiger partial charge >= 0.3 is 0 Å². The average Bonchev–Trinajstić information content (AvgIpc) is 2.97. The number of nitrogens with zero attached hydrogens (tertiary/aromatic N) is 3. The number of amides is 1. The van der Waals surface area contributed by atoms with Crippen molar-refractivity contribution in [1.29, 1.82) is 0 Å². The summed E-state index contributed by atoms with van der Waals surface area (Å²) >= 11 is 0. The molecule has 0 N–H and O–H groups in total. The number of carbonyl (C=O) groups excluding carboxylic acids is 1. The van der Waals surface area contributed by atoms with Gasteiger partial charge in [0.15, 0.2) is 0 Å². The molecule has 4 rings (SSSR count). The number of hydrogen-bond donors (Lipinski definition) is 0. The van der Waals surface area contributed by atoms with Crippen LogP contribution in [0.3, 0.4) is 0 Å². The van der Waals surface area contributed by atoms with Crippen molar-refractivity contribution in [1.82, 2.24) is 9.55 Å². The minimum atomic E-state index is -0.114. The number of ether oxygens (including phenoxy) is 1. The number of hydrogen-bond acceptors (Lipinski definition) is 4. The van der Waals surface area contributed by atoms with Crippen LogP contribution in [0.5, 0.6) is 0 Å². The van der Waals surface area contributed by atoms with Gasteiger partial charge in [-0.25, -0.2) is 0 Å². The number of aromatic nitrogens is 2. The lowest BCUT2D eigenvalue weighted by Gasteiger charge is -2.11. The molecule has 1 aromatic carbocycles. The van der Waals surface area contributed by atoms with Crippen LogP contribution in [0, 0.1) is 0 Å². The maximum Gasteiger partial charge on any atom is 0.252 e. The van der Waals surface area contributed by atoms with E-state index in [0.717, 1.165) is 33.5 Å². The Morgan fingerprint density at radius 1 is 1.00 bits per heavy atom. The van der Waals surface area contributed by atoms with Crippen LogP contribution in [0.4, 0.5) is 5.69 Å². The Hall–Kier alpha value is -3.25. The summed E-state index contributed by atoms with van der Waals surface area (Å²) in [5, 5.41) is 0. The normalized spacial score (nSPS) is 13.1. The zero-order valence-electron chi connectivity index (χ0n) is 15.2. The van der Waals surface area contributed by atoms with Gasteiger partial charge in [0.1, 0.15) is 6.73 Å². The summed E-state index contributed by atoms with van der Waals surface area (Å²) in [6.45, 7) is 0.201. The Morgan fingerprint density at radius 2 is 1.74 bits per heavy atom. The molecule has 136 valence electrons. The van der Waals surface area contributed by atoms with Crippen LogP contribution in [-0.4, -0.2) is 29.6 Å². The summed E-state index contributed by atoms with van der Waals surface area (Å²) in [6, 6.07) is 11.4. The number of carbonyl (C=O) groups is 1. The van der Waals surface area contributed by atoms with Gasteiger partial charge in [-0.15, -0.1) is 0 Å². The lowest BCUT2D eigenvalue weighted by Crippen LogP contribution is -2.20. The number of likely N-dealkylation sites (N-methyl/N-ethyl adjacent to an activating group) is 1. The van der Waals surface area contributed by atoms with Gasteiger partial charge in [-0.1, -0.05) is 6.07 Å². The largest absolute Gasteiger partial charge is 0.364 e. The summed E-state index contributed by atoms with van der Waals surface area (Å²) in [4.78, 5) is 29.8. The maximum absolute atomic E-state index is 11.9. The molecule has 3 heterocycles. The van der Waals surface area contributed by atoms with Crippen molar-refractivity contribution in [2.75, 3.05) is 19.1 Å². The highest BCUT2D eigenvalue weighted by atomic mass is 16.5. The van der Waals surface area contributed by atoms with Gasteiger partial charge in [-0.05, 0) is 41.0 Å². The molecule has 0 bridgehead atoms. The highest BCUT2D eigenvalue weighted by Gasteiger charge is 2.24. The molecule has 0 atom stereocenters. The van der Waals surface area contributed by atoms with Crippen molar-refractivity contribution in [3.63, 3.8) is 0 Å². The fourth-order valence-corrected chi connectivity index (χ4v) is 3.35. The molecular formula is C21H19N3O3. The molecule has 0 fully saturated rings. The Morgan fingerprint density at radius 3 is 2.52 bits per heavy atom. The van der Waals surface area contributed by atoms with E-state index < -0.39 is 0 Å².